The Hall–Kier alpha value is -4.08. The second-order valence-corrected chi connectivity index (χ2v) is 7.61. The lowest BCUT2D eigenvalue weighted by Gasteiger charge is -2.22. The first-order chi connectivity index (χ1) is 15.1. The summed E-state index contributed by atoms with van der Waals surface area (Å²) in [6.45, 7) is 2.89. The Morgan fingerprint density at radius 3 is 2.47 bits per heavy atom. The zero-order valence-corrected chi connectivity index (χ0v) is 17.6. The predicted molar refractivity (Wildman–Crippen MR) is 114 cm³/mol. The minimum Gasteiger partial charge on any atom is -0.356 e. The van der Waals surface area contributed by atoms with Gasteiger partial charge in [0.2, 0.25) is 5.91 Å². The fourth-order valence-corrected chi connectivity index (χ4v) is 3.44. The smallest absolute Gasteiger partial charge is 0.325 e. The number of hydrogen-bond acceptors (Lipinski definition) is 6. The minimum atomic E-state index is -1.52. The molecule has 2 N–H and O–H groups in total. The molecule has 10 nitrogen and oxygen atoms in total. The molecule has 0 bridgehead atoms. The molecule has 10 heteroatoms. The lowest BCUT2D eigenvalue weighted by Crippen LogP contribution is -2.41. The molecule has 0 aliphatic carbocycles. The normalized spacial score (nSPS) is 17.8. The van der Waals surface area contributed by atoms with Gasteiger partial charge in [-0.2, -0.15) is 0 Å². The number of carbonyl (C=O) groups excluding carboxylic acids is 4. The quantitative estimate of drug-likeness (QED) is 0.279. The molecule has 4 amide bonds. The predicted octanol–water partition coefficient (Wildman–Crippen LogP) is 1.92. The summed E-state index contributed by atoms with van der Waals surface area (Å²) >= 11 is 0. The number of Topliss-reactive ketones (excluding diaryl/α,β-unsaturated/α-hetero) is 1. The van der Waals surface area contributed by atoms with Crippen molar-refractivity contribution in [2.24, 2.45) is 0 Å². The number of imide groups is 1. The highest BCUT2D eigenvalue weighted by atomic mass is 16.6. The van der Waals surface area contributed by atoms with Gasteiger partial charge in [-0.15, -0.1) is 0 Å². The van der Waals surface area contributed by atoms with Crippen molar-refractivity contribution >= 4 is 29.3 Å². The van der Waals surface area contributed by atoms with Crippen LogP contribution in [0, 0.1) is 10.1 Å². The first-order valence-electron chi connectivity index (χ1n) is 9.87. The molecule has 1 aliphatic rings. The summed E-state index contributed by atoms with van der Waals surface area (Å²) in [5, 5.41) is 16.3. The Kier molecular flexibility index (Phi) is 6.33. The van der Waals surface area contributed by atoms with Gasteiger partial charge in [0.1, 0.15) is 5.54 Å². The number of nitrogens with zero attached hydrogens (tertiary/aromatic N) is 2. The fraction of sp³-hybridized carbons (Fsp3) is 0.273. The number of amides is 4. The second-order valence-electron chi connectivity index (χ2n) is 7.61. The van der Waals surface area contributed by atoms with Crippen molar-refractivity contribution in [2.45, 2.75) is 25.8 Å². The first-order valence-corrected chi connectivity index (χ1v) is 9.87. The van der Waals surface area contributed by atoms with Crippen molar-refractivity contribution in [3.63, 3.8) is 0 Å². The van der Waals surface area contributed by atoms with Gasteiger partial charge in [0.15, 0.2) is 5.78 Å². The summed E-state index contributed by atoms with van der Waals surface area (Å²) in [6, 6.07) is 11.4. The molecule has 1 unspecified atom stereocenters. The lowest BCUT2D eigenvalue weighted by molar-refractivity contribution is -0.385. The molecule has 1 aliphatic heterocycles. The van der Waals surface area contributed by atoms with E-state index >= 15 is 0 Å². The molecule has 1 saturated heterocycles. The summed E-state index contributed by atoms with van der Waals surface area (Å²) in [4.78, 5) is 60.3. The Morgan fingerprint density at radius 1 is 1.16 bits per heavy atom. The van der Waals surface area contributed by atoms with Gasteiger partial charge in [0.05, 0.1) is 11.5 Å². The van der Waals surface area contributed by atoms with Crippen molar-refractivity contribution in [3.05, 3.63) is 75.3 Å². The third kappa shape index (κ3) is 4.64. The molecule has 0 radical (unpaired) electrons. The highest BCUT2D eigenvalue weighted by Crippen LogP contribution is 2.31. The van der Waals surface area contributed by atoms with Crippen LogP contribution in [0.5, 0.6) is 0 Å². The molecule has 3 rings (SSSR count). The monoisotopic (exact) mass is 438 g/mol. The van der Waals surface area contributed by atoms with E-state index in [0.29, 0.717) is 18.5 Å². The van der Waals surface area contributed by atoms with Gasteiger partial charge >= 0.3 is 6.03 Å². The molecule has 2 aromatic carbocycles. The molecule has 1 heterocycles. The Labute approximate surface area is 183 Å². The maximum absolute atomic E-state index is 13.0. The first kappa shape index (κ1) is 22.6. The summed E-state index contributed by atoms with van der Waals surface area (Å²) in [5.74, 6) is -1.21. The SMILES string of the molecule is CC(=O)NCCc1ccc(C(=O)CN2C(=O)NC(C)(c3cccc([N+](=O)[O-])c3)C2=O)cc1. The van der Waals surface area contributed by atoms with Crippen molar-refractivity contribution in [3.8, 4) is 0 Å². The third-order valence-corrected chi connectivity index (χ3v) is 5.27. The molecule has 32 heavy (non-hydrogen) atoms. The number of urea groups is 1. The van der Waals surface area contributed by atoms with E-state index in [4.69, 9.17) is 0 Å². The molecule has 2 aromatic rings. The van der Waals surface area contributed by atoms with Crippen molar-refractivity contribution < 1.29 is 24.1 Å². The van der Waals surface area contributed by atoms with E-state index in [2.05, 4.69) is 10.6 Å². The molecule has 0 spiro atoms. The largest absolute Gasteiger partial charge is 0.356 e. The lowest BCUT2D eigenvalue weighted by atomic mass is 9.91. The highest BCUT2D eigenvalue weighted by Gasteiger charge is 2.49. The van der Waals surface area contributed by atoms with Crippen molar-refractivity contribution in [1.82, 2.24) is 15.5 Å². The molecular formula is C22H22N4O6. The van der Waals surface area contributed by atoms with Gasteiger partial charge in [-0.3, -0.25) is 29.4 Å². The number of benzene rings is 2. The number of nitrogens with one attached hydrogen (secondary N) is 2. The van der Waals surface area contributed by atoms with Crippen LogP contribution in [0.1, 0.15) is 35.3 Å². The average Bonchev–Trinajstić information content (AvgIpc) is 2.98. The number of nitro benzene ring substituents is 1. The van der Waals surface area contributed by atoms with Gasteiger partial charge in [-0.25, -0.2) is 4.79 Å². The number of ketones is 1. The zero-order valence-electron chi connectivity index (χ0n) is 17.6. The molecular weight excluding hydrogens is 416 g/mol. The third-order valence-electron chi connectivity index (χ3n) is 5.27. The molecule has 0 aromatic heterocycles. The Bertz CT molecular complexity index is 1100. The maximum atomic E-state index is 13.0. The van der Waals surface area contributed by atoms with E-state index in [-0.39, 0.29) is 17.2 Å². The molecule has 1 fully saturated rings. The summed E-state index contributed by atoms with van der Waals surface area (Å²) in [5.41, 5.74) is -0.222. The molecule has 0 saturated carbocycles. The van der Waals surface area contributed by atoms with Crippen LogP contribution >= 0.6 is 0 Å². The number of non-ortho nitro benzene ring substituents is 1. The van der Waals surface area contributed by atoms with E-state index in [0.717, 1.165) is 10.5 Å². The van der Waals surface area contributed by atoms with E-state index in [1.54, 1.807) is 24.3 Å². The van der Waals surface area contributed by atoms with Gasteiger partial charge in [-0.05, 0) is 24.5 Å². The second kappa shape index (κ2) is 8.96. The Balaban J connectivity index is 1.71. The average molecular weight is 438 g/mol. The standard InChI is InChI=1S/C22H22N4O6/c1-14(27)23-11-10-15-6-8-16(9-7-15)19(28)13-25-20(29)22(2,24-21(25)30)17-4-3-5-18(12-17)26(31)32/h3-9,12H,10-11,13H2,1-2H3,(H,23,27)(H,24,30). The van der Waals surface area contributed by atoms with Gasteiger partial charge in [0.25, 0.3) is 11.6 Å². The van der Waals surface area contributed by atoms with Crippen LogP contribution in [0.4, 0.5) is 10.5 Å². The van der Waals surface area contributed by atoms with Gasteiger partial charge in [0, 0.05) is 31.2 Å². The summed E-state index contributed by atoms with van der Waals surface area (Å²) in [7, 11) is 0. The molecule has 1 atom stereocenters. The number of nitro groups is 1. The van der Waals surface area contributed by atoms with Crippen LogP contribution < -0.4 is 10.6 Å². The maximum Gasteiger partial charge on any atom is 0.325 e. The topological polar surface area (TPSA) is 139 Å². The van der Waals surface area contributed by atoms with Crippen LogP contribution in [-0.2, 0) is 21.5 Å². The molecule has 166 valence electrons. The number of carbonyl (C=O) groups is 4. The minimum absolute atomic E-state index is 0.123. The van der Waals surface area contributed by atoms with E-state index in [1.807, 2.05) is 0 Å². The van der Waals surface area contributed by atoms with Gasteiger partial charge in [-0.1, -0.05) is 36.4 Å². The van der Waals surface area contributed by atoms with E-state index in [9.17, 15) is 29.3 Å². The van der Waals surface area contributed by atoms with Crippen molar-refractivity contribution in [1.29, 1.82) is 0 Å². The summed E-state index contributed by atoms with van der Waals surface area (Å²) in [6.07, 6.45) is 0.600. The Morgan fingerprint density at radius 2 is 1.84 bits per heavy atom. The van der Waals surface area contributed by atoms with Crippen LogP contribution in [0.25, 0.3) is 0 Å². The van der Waals surface area contributed by atoms with Crippen LogP contribution in [0.3, 0.4) is 0 Å². The van der Waals surface area contributed by atoms with E-state index < -0.39 is 34.7 Å². The van der Waals surface area contributed by atoms with Crippen LogP contribution in [0.15, 0.2) is 48.5 Å². The van der Waals surface area contributed by atoms with Crippen molar-refractivity contribution in [2.75, 3.05) is 13.1 Å². The fourth-order valence-electron chi connectivity index (χ4n) is 3.44. The van der Waals surface area contributed by atoms with Gasteiger partial charge < -0.3 is 10.6 Å². The van der Waals surface area contributed by atoms with Crippen LogP contribution in [0.2, 0.25) is 0 Å². The van der Waals surface area contributed by atoms with E-state index in [1.165, 1.54) is 38.1 Å². The summed E-state index contributed by atoms with van der Waals surface area (Å²) < 4.78 is 0. The number of rotatable bonds is 8. The zero-order chi connectivity index (χ0) is 23.5. The van der Waals surface area contributed by atoms with Crippen LogP contribution in [-0.4, -0.2) is 46.5 Å². The highest BCUT2D eigenvalue weighted by molar-refractivity contribution is 6.11. The number of hydrogen-bond donors (Lipinski definition) is 2.